The van der Waals surface area contributed by atoms with Crippen LogP contribution in [0.5, 0.6) is 5.75 Å². The van der Waals surface area contributed by atoms with Gasteiger partial charge in [-0.1, -0.05) is 92.9 Å². The number of nitrogens with zero attached hydrogens (tertiary/aromatic N) is 1. The molecule has 0 spiro atoms. The summed E-state index contributed by atoms with van der Waals surface area (Å²) in [5, 5.41) is 8.72. The van der Waals surface area contributed by atoms with Crippen LogP contribution in [0.1, 0.15) is 81.1 Å². The molecule has 266 valence electrons. The molecule has 4 rings (SSSR count). The average molecular weight is 688 g/mol. The molecule has 13 heteroatoms. The molecule has 0 radical (unpaired) electrons. The Morgan fingerprint density at radius 1 is 0.979 bits per heavy atom. The van der Waals surface area contributed by atoms with E-state index in [1.54, 1.807) is 17.0 Å². The Balaban J connectivity index is 1.45. The molecule has 1 aliphatic heterocycles. The molecule has 3 fully saturated rings. The number of ketones is 1. The summed E-state index contributed by atoms with van der Waals surface area (Å²) < 4.78 is 5.32. The summed E-state index contributed by atoms with van der Waals surface area (Å²) >= 11 is 1.06. The number of primary amides is 1. The van der Waals surface area contributed by atoms with Gasteiger partial charge in [-0.2, -0.15) is 0 Å². The number of hydrogen-bond donors (Lipinski definition) is 4. The van der Waals surface area contributed by atoms with E-state index in [1.807, 2.05) is 59.7 Å². The maximum absolute atomic E-state index is 14.3. The number of amides is 5. The average Bonchev–Trinajstić information content (AvgIpc) is 3.28. The number of hydrogen-bond acceptors (Lipinski definition) is 8. The van der Waals surface area contributed by atoms with Crippen LogP contribution in [0.25, 0.3) is 0 Å². The number of nitrogens with two attached hydrogens (primary N) is 1. The number of fused-ring (bicyclic) bond motifs is 1. The summed E-state index contributed by atoms with van der Waals surface area (Å²) in [6.45, 7) is 16.0. The number of carbonyl (C=O) groups excluding carboxylic acids is 5. The lowest BCUT2D eigenvalue weighted by Crippen LogP contribution is -2.62. The molecule has 12 nitrogen and oxygen atoms in total. The maximum atomic E-state index is 14.3. The van der Waals surface area contributed by atoms with E-state index in [0.29, 0.717) is 24.5 Å². The van der Waals surface area contributed by atoms with Crippen molar-refractivity contribution in [1.82, 2.24) is 20.9 Å². The second-order valence-corrected chi connectivity index (χ2v) is 17.0. The number of likely N-dealkylation sites (tertiary alicyclic amines) is 1. The number of piperidine rings is 1. The highest BCUT2D eigenvalue weighted by Crippen LogP contribution is 2.65. The van der Waals surface area contributed by atoms with Gasteiger partial charge in [0.25, 0.3) is 5.91 Å². The molecule has 48 heavy (non-hydrogen) atoms. The second-order valence-electron chi connectivity index (χ2n) is 16.3. The van der Waals surface area contributed by atoms with Crippen molar-refractivity contribution in [2.45, 2.75) is 105 Å². The molecule has 1 saturated heterocycles. The number of carbonyl (C=O) groups is 5. The van der Waals surface area contributed by atoms with Gasteiger partial charge in [-0.3, -0.25) is 19.2 Å². The minimum absolute atomic E-state index is 0.0870. The third-order valence-corrected chi connectivity index (χ3v) is 11.0. The van der Waals surface area contributed by atoms with E-state index < -0.39 is 47.2 Å². The third kappa shape index (κ3) is 8.82. The fourth-order valence-electron chi connectivity index (χ4n) is 6.82. The molecule has 1 aromatic carbocycles. The number of urea groups is 1. The van der Waals surface area contributed by atoms with Crippen LogP contribution in [0, 0.1) is 34.0 Å². The smallest absolute Gasteiger partial charge is 0.315 e. The molecule has 6 atom stereocenters. The molecule has 2 unspecified atom stereocenters. The van der Waals surface area contributed by atoms with E-state index in [4.69, 9.17) is 15.0 Å². The van der Waals surface area contributed by atoms with Gasteiger partial charge in [0.1, 0.15) is 12.1 Å². The Morgan fingerprint density at radius 3 is 2.17 bits per heavy atom. The first-order valence-corrected chi connectivity index (χ1v) is 17.8. The number of benzene rings is 1. The van der Waals surface area contributed by atoms with Crippen molar-refractivity contribution in [2.24, 2.45) is 39.7 Å². The number of rotatable bonds is 14. The third-order valence-electron chi connectivity index (χ3n) is 10.3. The first-order valence-electron chi connectivity index (χ1n) is 16.8. The molecule has 1 aromatic rings. The van der Waals surface area contributed by atoms with Crippen molar-refractivity contribution >= 4 is 41.6 Å². The van der Waals surface area contributed by atoms with Crippen molar-refractivity contribution in [1.29, 1.82) is 0 Å². The highest BCUT2D eigenvalue weighted by molar-refractivity contribution is 7.94. The Hall–Kier alpha value is -3.32. The monoisotopic (exact) mass is 687 g/mol. The van der Waals surface area contributed by atoms with Gasteiger partial charge in [0.2, 0.25) is 17.6 Å². The molecule has 2 saturated carbocycles. The van der Waals surface area contributed by atoms with Gasteiger partial charge in [0.05, 0.1) is 6.04 Å². The SMILES string of the molecule is CC(C)(C)[C@H](NC(=O)N[C@H](CSOOc1ccccc1)C(C)(C)C)C(=O)N1CC2[C@@H]([C@H]1C(=O)NC(CC1CCC1)C(=O)C(N)=O)C2(C)C. The predicted octanol–water partition coefficient (Wildman–Crippen LogP) is 3.99. The minimum Gasteiger partial charge on any atom is -0.363 e. The number of nitrogens with one attached hydrogen (secondary N) is 3. The standard InChI is InChI=1S/C35H53N5O7S/c1-33(2,3)24(19-48-47-46-21-15-10-9-11-16-21)38-32(45)39-28(34(4,5)6)31(44)40-18-22-25(35(22,7)8)26(40)30(43)37-23(27(41)29(36)42)17-20-13-12-14-20/h9-11,15-16,20,22-26,28H,12-14,17-19H2,1-8H3,(H2,36,42)(H,37,43)(H2,38,39,45)/t22?,23?,24-,25+,26+,28-/m1/s1. The first kappa shape index (κ1) is 37.5. The van der Waals surface area contributed by atoms with E-state index in [9.17, 15) is 24.0 Å². The van der Waals surface area contributed by atoms with Gasteiger partial charge in [-0.15, -0.1) is 4.33 Å². The quantitative estimate of drug-likeness (QED) is 0.0749. The van der Waals surface area contributed by atoms with Crippen LogP contribution in [0.15, 0.2) is 30.3 Å². The highest BCUT2D eigenvalue weighted by Gasteiger charge is 2.70. The predicted molar refractivity (Wildman–Crippen MR) is 183 cm³/mol. The lowest BCUT2D eigenvalue weighted by atomic mass is 9.80. The van der Waals surface area contributed by atoms with Crippen molar-refractivity contribution in [2.75, 3.05) is 12.3 Å². The molecular weight excluding hydrogens is 634 g/mol. The normalized spacial score (nSPS) is 23.5. The van der Waals surface area contributed by atoms with Crippen LogP contribution in [0.4, 0.5) is 4.79 Å². The maximum Gasteiger partial charge on any atom is 0.315 e. The lowest BCUT2D eigenvalue weighted by molar-refractivity contribution is -0.145. The van der Waals surface area contributed by atoms with Crippen LogP contribution in [-0.4, -0.2) is 70.9 Å². The largest absolute Gasteiger partial charge is 0.363 e. The molecule has 5 N–H and O–H groups in total. The van der Waals surface area contributed by atoms with Gasteiger partial charge in [-0.05, 0) is 52.6 Å². The Labute approximate surface area is 288 Å². The topological polar surface area (TPSA) is 169 Å². The van der Waals surface area contributed by atoms with E-state index in [2.05, 4.69) is 29.8 Å². The zero-order valence-corrected chi connectivity index (χ0v) is 30.3. The number of Topliss-reactive ketones (excluding diaryl/α,β-unsaturated/α-hetero) is 1. The van der Waals surface area contributed by atoms with E-state index in [0.717, 1.165) is 31.3 Å². The summed E-state index contributed by atoms with van der Waals surface area (Å²) in [5.74, 6) is -1.64. The van der Waals surface area contributed by atoms with E-state index >= 15 is 0 Å². The molecule has 0 aromatic heterocycles. The zero-order valence-electron chi connectivity index (χ0n) is 29.5. The van der Waals surface area contributed by atoms with E-state index in [-0.39, 0.29) is 40.5 Å². The number of para-hydroxylation sites is 1. The summed E-state index contributed by atoms with van der Waals surface area (Å²) in [6.07, 6.45) is 3.23. The van der Waals surface area contributed by atoms with E-state index in [1.165, 1.54) is 0 Å². The van der Waals surface area contributed by atoms with Crippen LogP contribution in [-0.2, 0) is 23.5 Å². The van der Waals surface area contributed by atoms with Crippen molar-refractivity contribution in [3.63, 3.8) is 0 Å². The Morgan fingerprint density at radius 2 is 1.62 bits per heavy atom. The Bertz CT molecular complexity index is 1360. The van der Waals surface area contributed by atoms with Crippen molar-refractivity contribution < 1.29 is 33.2 Å². The summed E-state index contributed by atoms with van der Waals surface area (Å²) in [5.41, 5.74) is 4.11. The van der Waals surface area contributed by atoms with Crippen LogP contribution in [0.2, 0.25) is 0 Å². The Kier molecular flexibility index (Phi) is 11.4. The molecule has 3 aliphatic rings. The summed E-state index contributed by atoms with van der Waals surface area (Å²) in [7, 11) is 0. The molecule has 2 aliphatic carbocycles. The molecular formula is C35H53N5O7S. The van der Waals surface area contributed by atoms with Crippen molar-refractivity contribution in [3.05, 3.63) is 30.3 Å². The van der Waals surface area contributed by atoms with Gasteiger partial charge in [0.15, 0.2) is 5.75 Å². The van der Waals surface area contributed by atoms with Crippen molar-refractivity contribution in [3.8, 4) is 5.75 Å². The molecule has 0 bridgehead atoms. The summed E-state index contributed by atoms with van der Waals surface area (Å²) in [6, 6.07) is 5.35. The first-order chi connectivity index (χ1) is 22.3. The fourth-order valence-corrected chi connectivity index (χ4v) is 7.73. The minimum atomic E-state index is -1.09. The second kappa shape index (κ2) is 14.7. The zero-order chi connectivity index (χ0) is 35.6. The van der Waals surface area contributed by atoms with Gasteiger partial charge < -0.3 is 31.5 Å². The molecule has 1 heterocycles. The lowest BCUT2D eigenvalue weighted by Gasteiger charge is -2.39. The highest BCUT2D eigenvalue weighted by atomic mass is 32.2. The fraction of sp³-hybridized carbons (Fsp3) is 0.686. The van der Waals surface area contributed by atoms with Crippen LogP contribution in [0.3, 0.4) is 0 Å². The van der Waals surface area contributed by atoms with Crippen LogP contribution >= 0.6 is 12.0 Å². The summed E-state index contributed by atoms with van der Waals surface area (Å²) in [4.78, 5) is 73.2. The van der Waals surface area contributed by atoms with Gasteiger partial charge in [-0.25, -0.2) is 4.79 Å². The van der Waals surface area contributed by atoms with Crippen LogP contribution < -0.4 is 26.6 Å². The van der Waals surface area contributed by atoms with Gasteiger partial charge in [0, 0.05) is 30.4 Å². The molecule has 5 amide bonds. The van der Waals surface area contributed by atoms with Gasteiger partial charge >= 0.3 is 6.03 Å².